The van der Waals surface area contributed by atoms with E-state index in [4.69, 9.17) is 4.74 Å². The first-order chi connectivity index (χ1) is 8.19. The van der Waals surface area contributed by atoms with E-state index in [1.165, 1.54) is 11.1 Å². The van der Waals surface area contributed by atoms with Crippen molar-refractivity contribution in [2.75, 3.05) is 7.11 Å². The fourth-order valence-electron chi connectivity index (χ4n) is 1.77. The summed E-state index contributed by atoms with van der Waals surface area (Å²) >= 11 is 0. The minimum absolute atomic E-state index is 0.528. The molecule has 0 aromatic carbocycles. The molecule has 3 nitrogen and oxygen atoms in total. The topological polar surface area (TPSA) is 35.0 Å². The number of nitrogens with zero attached hydrogens (tertiary/aromatic N) is 2. The summed E-state index contributed by atoms with van der Waals surface area (Å²) in [7, 11) is 1.68. The lowest BCUT2D eigenvalue weighted by atomic mass is 10.1. The predicted octanol–water partition coefficient (Wildman–Crippen LogP) is 2.91. The highest BCUT2D eigenvalue weighted by atomic mass is 16.5. The maximum Gasteiger partial charge on any atom is 0.0893 e. The van der Waals surface area contributed by atoms with Crippen LogP contribution in [-0.2, 0) is 11.3 Å². The van der Waals surface area contributed by atoms with Crippen molar-refractivity contribution in [3.63, 3.8) is 0 Å². The van der Waals surface area contributed by atoms with Gasteiger partial charge in [0.05, 0.1) is 23.7 Å². The fraction of sp³-hybridized carbons (Fsp3) is 0.286. The zero-order chi connectivity index (χ0) is 12.3. The first kappa shape index (κ1) is 11.7. The van der Waals surface area contributed by atoms with Crippen molar-refractivity contribution in [3.05, 3.63) is 47.3 Å². The molecule has 0 spiro atoms. The molecule has 88 valence electrons. The van der Waals surface area contributed by atoms with Crippen molar-refractivity contribution < 1.29 is 4.74 Å². The van der Waals surface area contributed by atoms with Gasteiger partial charge in [-0.1, -0.05) is 0 Å². The number of methoxy groups -OCH3 is 1. The highest BCUT2D eigenvalue weighted by Crippen LogP contribution is 2.18. The molecule has 0 radical (unpaired) electrons. The van der Waals surface area contributed by atoms with Crippen molar-refractivity contribution in [1.82, 2.24) is 9.97 Å². The lowest BCUT2D eigenvalue weighted by Gasteiger charge is -2.06. The molecule has 0 aliphatic heterocycles. The molecule has 0 N–H and O–H groups in total. The Labute approximate surface area is 102 Å². The molecule has 3 heteroatoms. The van der Waals surface area contributed by atoms with E-state index >= 15 is 0 Å². The summed E-state index contributed by atoms with van der Waals surface area (Å²) in [6.45, 7) is 4.64. The largest absolute Gasteiger partial charge is 0.378 e. The highest BCUT2D eigenvalue weighted by molar-refractivity contribution is 5.56. The zero-order valence-corrected chi connectivity index (χ0v) is 10.4. The highest BCUT2D eigenvalue weighted by Gasteiger charge is 2.04. The summed E-state index contributed by atoms with van der Waals surface area (Å²) in [4.78, 5) is 8.90. The van der Waals surface area contributed by atoms with Crippen LogP contribution in [0.3, 0.4) is 0 Å². The Morgan fingerprint density at radius 3 is 2.53 bits per heavy atom. The number of pyridine rings is 2. The van der Waals surface area contributed by atoms with Gasteiger partial charge < -0.3 is 4.74 Å². The van der Waals surface area contributed by atoms with E-state index in [9.17, 15) is 0 Å². The van der Waals surface area contributed by atoms with Gasteiger partial charge in [-0.05, 0) is 49.2 Å². The summed E-state index contributed by atoms with van der Waals surface area (Å²) in [5.74, 6) is 0. The molecule has 2 aromatic heterocycles. The molecule has 0 saturated carbocycles. The van der Waals surface area contributed by atoms with Crippen LogP contribution < -0.4 is 0 Å². The number of ether oxygens (including phenoxy) is 1. The molecule has 0 aliphatic carbocycles. The molecule has 0 amide bonds. The summed E-state index contributed by atoms with van der Waals surface area (Å²) < 4.78 is 5.11. The number of hydrogen-bond acceptors (Lipinski definition) is 3. The van der Waals surface area contributed by atoms with Crippen LogP contribution in [0.4, 0.5) is 0 Å². The van der Waals surface area contributed by atoms with Gasteiger partial charge in [0.2, 0.25) is 0 Å². The van der Waals surface area contributed by atoms with Gasteiger partial charge in [-0.15, -0.1) is 0 Å². The Kier molecular flexibility index (Phi) is 3.49. The second-order valence-corrected chi connectivity index (χ2v) is 4.17. The summed E-state index contributed by atoms with van der Waals surface area (Å²) in [5, 5.41) is 0. The second kappa shape index (κ2) is 5.06. The Morgan fingerprint density at radius 1 is 1.06 bits per heavy atom. The minimum Gasteiger partial charge on any atom is -0.378 e. The Morgan fingerprint density at radius 2 is 1.82 bits per heavy atom. The van der Waals surface area contributed by atoms with Crippen LogP contribution in [0.5, 0.6) is 0 Å². The second-order valence-electron chi connectivity index (χ2n) is 4.17. The molecule has 2 aromatic rings. The van der Waals surface area contributed by atoms with Gasteiger partial charge in [0.15, 0.2) is 0 Å². The van der Waals surface area contributed by atoms with Gasteiger partial charge in [0.1, 0.15) is 0 Å². The van der Waals surface area contributed by atoms with E-state index in [0.29, 0.717) is 6.61 Å². The Hall–Kier alpha value is -1.74. The number of rotatable bonds is 3. The monoisotopic (exact) mass is 228 g/mol. The minimum atomic E-state index is 0.528. The van der Waals surface area contributed by atoms with Crippen molar-refractivity contribution in [2.45, 2.75) is 20.5 Å². The van der Waals surface area contributed by atoms with E-state index in [2.05, 4.69) is 23.8 Å². The van der Waals surface area contributed by atoms with E-state index < -0.39 is 0 Å². The van der Waals surface area contributed by atoms with Crippen molar-refractivity contribution >= 4 is 0 Å². The van der Waals surface area contributed by atoms with Crippen molar-refractivity contribution in [1.29, 1.82) is 0 Å². The zero-order valence-electron chi connectivity index (χ0n) is 10.4. The molecule has 0 unspecified atom stereocenters. The molecule has 2 rings (SSSR count). The maximum absolute atomic E-state index is 5.11. The van der Waals surface area contributed by atoms with Gasteiger partial charge in [0, 0.05) is 13.3 Å². The molecule has 0 fully saturated rings. The molecular formula is C14H16N2O. The summed E-state index contributed by atoms with van der Waals surface area (Å²) in [6, 6.07) is 8.09. The Balaban J connectivity index is 2.44. The molecule has 0 atom stereocenters. The first-order valence-corrected chi connectivity index (χ1v) is 5.58. The number of hydrogen-bond donors (Lipinski definition) is 0. The quantitative estimate of drug-likeness (QED) is 0.810. The van der Waals surface area contributed by atoms with E-state index in [1.807, 2.05) is 30.5 Å². The number of aryl methyl sites for hydroxylation is 2. The first-order valence-electron chi connectivity index (χ1n) is 5.58. The lowest BCUT2D eigenvalue weighted by Crippen LogP contribution is -1.97. The van der Waals surface area contributed by atoms with Gasteiger partial charge >= 0.3 is 0 Å². The third-order valence-corrected chi connectivity index (χ3v) is 2.49. The van der Waals surface area contributed by atoms with Gasteiger partial charge in [-0.2, -0.15) is 0 Å². The predicted molar refractivity (Wildman–Crippen MR) is 67.7 cm³/mol. The fourth-order valence-corrected chi connectivity index (χ4v) is 1.77. The van der Waals surface area contributed by atoms with Crippen molar-refractivity contribution in [3.8, 4) is 11.4 Å². The van der Waals surface area contributed by atoms with E-state index in [0.717, 1.165) is 17.1 Å². The lowest BCUT2D eigenvalue weighted by molar-refractivity contribution is 0.181. The van der Waals surface area contributed by atoms with Gasteiger partial charge in [0.25, 0.3) is 0 Å². The normalized spacial score (nSPS) is 10.5. The van der Waals surface area contributed by atoms with E-state index in [1.54, 1.807) is 7.11 Å². The average Bonchev–Trinajstić information content (AvgIpc) is 2.28. The number of aromatic nitrogens is 2. The van der Waals surface area contributed by atoms with E-state index in [-0.39, 0.29) is 0 Å². The maximum atomic E-state index is 5.11. The molecule has 0 aliphatic rings. The average molecular weight is 228 g/mol. The summed E-state index contributed by atoms with van der Waals surface area (Å²) in [6.07, 6.45) is 1.81. The third kappa shape index (κ3) is 2.88. The molecular weight excluding hydrogens is 212 g/mol. The summed E-state index contributed by atoms with van der Waals surface area (Å²) in [5.41, 5.74) is 5.11. The van der Waals surface area contributed by atoms with Crippen LogP contribution in [0.1, 0.15) is 16.8 Å². The SMILES string of the molecule is COCc1cc(C)cc(-c2cc(C)ccn2)n1. The van der Waals surface area contributed by atoms with Crippen LogP contribution in [0.2, 0.25) is 0 Å². The molecule has 17 heavy (non-hydrogen) atoms. The van der Waals surface area contributed by atoms with Crippen LogP contribution in [0.15, 0.2) is 30.5 Å². The third-order valence-electron chi connectivity index (χ3n) is 2.49. The van der Waals surface area contributed by atoms with Gasteiger partial charge in [-0.25, -0.2) is 4.98 Å². The van der Waals surface area contributed by atoms with Crippen LogP contribution in [-0.4, -0.2) is 17.1 Å². The van der Waals surface area contributed by atoms with Crippen LogP contribution in [0, 0.1) is 13.8 Å². The molecule has 2 heterocycles. The van der Waals surface area contributed by atoms with Gasteiger partial charge in [-0.3, -0.25) is 4.98 Å². The molecule has 0 bridgehead atoms. The van der Waals surface area contributed by atoms with Crippen LogP contribution in [0.25, 0.3) is 11.4 Å². The standard InChI is InChI=1S/C14H16N2O/c1-10-4-5-15-13(7-10)14-8-11(2)6-12(16-14)9-17-3/h4-8H,9H2,1-3H3. The van der Waals surface area contributed by atoms with Crippen LogP contribution >= 0.6 is 0 Å². The van der Waals surface area contributed by atoms with Crippen molar-refractivity contribution in [2.24, 2.45) is 0 Å². The smallest absolute Gasteiger partial charge is 0.0893 e. The Bertz CT molecular complexity index is 523. The molecule has 0 saturated heterocycles.